The average molecular weight is 741 g/mol. The molecular weight excluding hydrogens is 689 g/mol. The van der Waals surface area contributed by atoms with Crippen molar-refractivity contribution in [2.45, 2.75) is 76.1 Å². The predicted octanol–water partition coefficient (Wildman–Crippen LogP) is 9.42. The van der Waals surface area contributed by atoms with Crippen molar-refractivity contribution in [3.05, 3.63) is 204 Å². The van der Waals surface area contributed by atoms with E-state index in [1.165, 1.54) is 0 Å². The van der Waals surface area contributed by atoms with Crippen LogP contribution in [0.15, 0.2) is 177 Å². The molecule has 1 heterocycles. The van der Waals surface area contributed by atoms with Crippen LogP contribution in [0.1, 0.15) is 34.2 Å². The van der Waals surface area contributed by atoms with Crippen molar-refractivity contribution in [3.63, 3.8) is 0 Å². The van der Waals surface area contributed by atoms with Gasteiger partial charge < -0.3 is 33.2 Å². The summed E-state index contributed by atoms with van der Waals surface area (Å²) in [6.45, 7) is 11.2. The van der Waals surface area contributed by atoms with E-state index in [0.717, 1.165) is 27.8 Å². The summed E-state index contributed by atoms with van der Waals surface area (Å²) in [5.74, 6) is 0.401. The number of ether oxygens (including phenoxy) is 7. The SMILES string of the molecule is C=C[C@@H](OCc1ccccc1)[C@H](OCc1ccccc1)[C@@H](COCc1ccccc1)OC(=C)[C@H]1OCC[C@@H](OCc2ccccc2)[C@@H]1OCc1ccccc1. The second-order valence-electron chi connectivity index (χ2n) is 13.6. The lowest BCUT2D eigenvalue weighted by Crippen LogP contribution is -2.50. The maximum Gasteiger partial charge on any atom is 0.150 e. The first-order valence-electron chi connectivity index (χ1n) is 19.0. The molecule has 0 spiro atoms. The Morgan fingerprint density at radius 2 is 1.05 bits per heavy atom. The topological polar surface area (TPSA) is 64.6 Å². The summed E-state index contributed by atoms with van der Waals surface area (Å²) >= 11 is 0. The van der Waals surface area contributed by atoms with Crippen LogP contribution in [0.25, 0.3) is 0 Å². The third kappa shape index (κ3) is 12.6. The molecule has 1 aliphatic heterocycles. The van der Waals surface area contributed by atoms with E-state index in [0.29, 0.717) is 51.8 Å². The Balaban J connectivity index is 1.25. The second kappa shape index (κ2) is 21.9. The Morgan fingerprint density at radius 3 is 1.56 bits per heavy atom. The van der Waals surface area contributed by atoms with Gasteiger partial charge in [0.2, 0.25) is 0 Å². The molecule has 0 saturated carbocycles. The molecule has 0 radical (unpaired) electrons. The fourth-order valence-corrected chi connectivity index (χ4v) is 6.53. The highest BCUT2D eigenvalue weighted by Crippen LogP contribution is 2.30. The van der Waals surface area contributed by atoms with Crippen molar-refractivity contribution in [1.82, 2.24) is 0 Å². The predicted molar refractivity (Wildman–Crippen MR) is 215 cm³/mol. The standard InChI is InChI=1S/C48H52O7/c1-3-43(51-32-39-21-11-5-12-22-39)47(53-34-41-25-15-7-16-26-41)45(36-49-31-38-19-9-4-10-20-38)55-37(2)46-48(54-35-42-27-17-8-18-28-42)44(29-30-50-46)52-33-40-23-13-6-14-24-40/h3-28,43-48H,1-2,29-36H2/t43-,44-,45-,46-,47+,48+/m1/s1. The van der Waals surface area contributed by atoms with E-state index in [2.05, 4.69) is 25.3 Å². The van der Waals surface area contributed by atoms with Crippen LogP contribution in [0.4, 0.5) is 0 Å². The molecule has 0 bridgehead atoms. The van der Waals surface area contributed by atoms with Gasteiger partial charge >= 0.3 is 0 Å². The molecule has 7 nitrogen and oxygen atoms in total. The lowest BCUT2D eigenvalue weighted by atomic mass is 9.99. The molecule has 0 unspecified atom stereocenters. The Morgan fingerprint density at radius 1 is 0.600 bits per heavy atom. The van der Waals surface area contributed by atoms with Gasteiger partial charge in [-0.15, -0.1) is 6.58 Å². The van der Waals surface area contributed by atoms with Crippen molar-refractivity contribution >= 4 is 0 Å². The molecule has 286 valence electrons. The smallest absolute Gasteiger partial charge is 0.150 e. The molecule has 55 heavy (non-hydrogen) atoms. The summed E-state index contributed by atoms with van der Waals surface area (Å²) in [5.41, 5.74) is 5.23. The molecule has 5 aromatic rings. The van der Waals surface area contributed by atoms with Crippen LogP contribution in [0.5, 0.6) is 0 Å². The van der Waals surface area contributed by atoms with Crippen molar-refractivity contribution in [3.8, 4) is 0 Å². The third-order valence-corrected chi connectivity index (χ3v) is 9.46. The van der Waals surface area contributed by atoms with Crippen molar-refractivity contribution in [2.75, 3.05) is 13.2 Å². The van der Waals surface area contributed by atoms with Crippen molar-refractivity contribution in [1.29, 1.82) is 0 Å². The molecule has 1 saturated heterocycles. The molecule has 0 aromatic heterocycles. The zero-order valence-electron chi connectivity index (χ0n) is 31.4. The van der Waals surface area contributed by atoms with Gasteiger partial charge in [0.05, 0.1) is 52.4 Å². The first-order chi connectivity index (χ1) is 27.2. The Bertz CT molecular complexity index is 1800. The van der Waals surface area contributed by atoms with Gasteiger partial charge in [-0.2, -0.15) is 0 Å². The number of benzene rings is 5. The second-order valence-corrected chi connectivity index (χ2v) is 13.6. The summed E-state index contributed by atoms with van der Waals surface area (Å²) in [7, 11) is 0. The van der Waals surface area contributed by atoms with Crippen molar-refractivity contribution in [2.24, 2.45) is 0 Å². The van der Waals surface area contributed by atoms with Crippen LogP contribution in [-0.4, -0.2) is 49.8 Å². The number of rotatable bonds is 22. The minimum absolute atomic E-state index is 0.183. The van der Waals surface area contributed by atoms with Gasteiger partial charge in [0.1, 0.15) is 30.2 Å². The van der Waals surface area contributed by atoms with Crippen LogP contribution in [-0.2, 0) is 66.2 Å². The number of hydrogen-bond acceptors (Lipinski definition) is 7. The Hall–Kier alpha value is -4.86. The zero-order valence-corrected chi connectivity index (χ0v) is 31.4. The molecular formula is C48H52O7. The molecule has 1 fully saturated rings. The van der Waals surface area contributed by atoms with E-state index in [9.17, 15) is 0 Å². The molecule has 1 aliphatic rings. The van der Waals surface area contributed by atoms with Crippen LogP contribution in [0.3, 0.4) is 0 Å². The third-order valence-electron chi connectivity index (χ3n) is 9.46. The maximum absolute atomic E-state index is 6.87. The Labute approximate surface area is 326 Å². The Kier molecular flexibility index (Phi) is 15.8. The van der Waals surface area contributed by atoms with Gasteiger partial charge in [0, 0.05) is 0 Å². The lowest BCUT2D eigenvalue weighted by molar-refractivity contribution is -0.194. The first-order valence-corrected chi connectivity index (χ1v) is 19.0. The molecule has 6 atom stereocenters. The fraction of sp³-hybridized carbons (Fsp3) is 0.292. The van der Waals surface area contributed by atoms with Crippen LogP contribution >= 0.6 is 0 Å². The first kappa shape index (κ1) is 39.8. The fourth-order valence-electron chi connectivity index (χ4n) is 6.53. The zero-order chi connectivity index (χ0) is 37.9. The van der Waals surface area contributed by atoms with Gasteiger partial charge in [-0.25, -0.2) is 0 Å². The maximum atomic E-state index is 6.87. The average Bonchev–Trinajstić information content (AvgIpc) is 3.25. The molecule has 6 rings (SSSR count). The highest BCUT2D eigenvalue weighted by Gasteiger charge is 2.41. The van der Waals surface area contributed by atoms with Gasteiger partial charge in [-0.1, -0.05) is 164 Å². The summed E-state index contributed by atoms with van der Waals surface area (Å²) in [5, 5.41) is 0. The summed E-state index contributed by atoms with van der Waals surface area (Å²) in [6.07, 6.45) is -0.813. The van der Waals surface area contributed by atoms with E-state index in [4.69, 9.17) is 33.2 Å². The minimum atomic E-state index is -0.664. The van der Waals surface area contributed by atoms with Crippen LogP contribution < -0.4 is 0 Å². The molecule has 5 aromatic carbocycles. The molecule has 7 heteroatoms. The lowest BCUT2D eigenvalue weighted by Gasteiger charge is -2.40. The van der Waals surface area contributed by atoms with E-state index in [-0.39, 0.29) is 12.7 Å². The molecule has 0 N–H and O–H groups in total. The van der Waals surface area contributed by atoms with E-state index < -0.39 is 30.5 Å². The van der Waals surface area contributed by atoms with Gasteiger partial charge in [0.15, 0.2) is 6.10 Å². The summed E-state index contributed by atoms with van der Waals surface area (Å²) in [6, 6.07) is 50.4. The summed E-state index contributed by atoms with van der Waals surface area (Å²) < 4.78 is 46.1. The largest absolute Gasteiger partial charge is 0.487 e. The van der Waals surface area contributed by atoms with Crippen molar-refractivity contribution < 1.29 is 33.2 Å². The van der Waals surface area contributed by atoms with Gasteiger partial charge in [0.25, 0.3) is 0 Å². The monoisotopic (exact) mass is 740 g/mol. The molecule has 0 amide bonds. The minimum Gasteiger partial charge on any atom is -0.487 e. The summed E-state index contributed by atoms with van der Waals surface area (Å²) in [4.78, 5) is 0. The number of hydrogen-bond donors (Lipinski definition) is 0. The van der Waals surface area contributed by atoms with E-state index in [1.54, 1.807) is 6.08 Å². The van der Waals surface area contributed by atoms with Gasteiger partial charge in [-0.05, 0) is 34.2 Å². The van der Waals surface area contributed by atoms with E-state index in [1.807, 2.05) is 140 Å². The quantitative estimate of drug-likeness (QED) is 0.0518. The van der Waals surface area contributed by atoms with Crippen LogP contribution in [0, 0.1) is 0 Å². The van der Waals surface area contributed by atoms with E-state index >= 15 is 0 Å². The normalized spacial score (nSPS) is 18.5. The molecule has 0 aliphatic carbocycles. The highest BCUT2D eigenvalue weighted by molar-refractivity contribution is 5.17. The highest BCUT2D eigenvalue weighted by atomic mass is 16.6. The van der Waals surface area contributed by atoms with Crippen LogP contribution in [0.2, 0.25) is 0 Å². The van der Waals surface area contributed by atoms with Gasteiger partial charge in [-0.3, -0.25) is 0 Å².